The van der Waals surface area contributed by atoms with Gasteiger partial charge in [0.1, 0.15) is 10.9 Å². The molecule has 0 radical (unpaired) electrons. The van der Waals surface area contributed by atoms with Gasteiger partial charge >= 0.3 is 0 Å². The predicted octanol–water partition coefficient (Wildman–Crippen LogP) is 3.56. The van der Waals surface area contributed by atoms with E-state index < -0.39 is 0 Å². The van der Waals surface area contributed by atoms with E-state index in [0.717, 1.165) is 16.0 Å². The molecule has 0 aliphatic carbocycles. The summed E-state index contributed by atoms with van der Waals surface area (Å²) in [5, 5.41) is 9.14. The zero-order chi connectivity index (χ0) is 13.3. The highest BCUT2D eigenvalue weighted by Crippen LogP contribution is 2.44. The van der Waals surface area contributed by atoms with Crippen molar-refractivity contribution in [2.24, 2.45) is 0 Å². The molecule has 0 amide bonds. The fourth-order valence-electron chi connectivity index (χ4n) is 1.86. The number of anilines is 1. The lowest BCUT2D eigenvalue weighted by molar-refractivity contribution is 0.605. The molecule has 0 fully saturated rings. The summed E-state index contributed by atoms with van der Waals surface area (Å²) in [6.07, 6.45) is 3.48. The summed E-state index contributed by atoms with van der Waals surface area (Å²) in [6, 6.07) is 6.03. The van der Waals surface area contributed by atoms with Crippen LogP contribution in [0.1, 0.15) is 30.5 Å². The number of nitriles is 1. The van der Waals surface area contributed by atoms with Crippen LogP contribution in [0, 0.1) is 11.3 Å². The van der Waals surface area contributed by atoms with Crippen LogP contribution in [-0.4, -0.2) is 4.98 Å². The number of nitrogens with two attached hydrogens (primary N) is 1. The van der Waals surface area contributed by atoms with Gasteiger partial charge in [-0.05, 0) is 23.1 Å². The fourth-order valence-corrected chi connectivity index (χ4v) is 2.96. The lowest BCUT2D eigenvalue weighted by Crippen LogP contribution is -2.10. The van der Waals surface area contributed by atoms with Gasteiger partial charge < -0.3 is 5.73 Å². The predicted molar refractivity (Wildman–Crippen MR) is 75.4 cm³/mol. The number of hydrogen-bond donors (Lipinski definition) is 1. The number of nitrogens with zero attached hydrogens (tertiary/aromatic N) is 2. The molecule has 0 unspecified atom stereocenters. The normalized spacial score (nSPS) is 11.2. The molecule has 2 aromatic rings. The van der Waals surface area contributed by atoms with Gasteiger partial charge in [-0.1, -0.05) is 20.8 Å². The average molecular weight is 257 g/mol. The average Bonchev–Trinajstić information content (AvgIpc) is 2.67. The van der Waals surface area contributed by atoms with Crippen molar-refractivity contribution in [2.75, 3.05) is 5.73 Å². The molecule has 4 heteroatoms. The molecule has 92 valence electrons. The quantitative estimate of drug-likeness (QED) is 0.849. The molecule has 0 spiro atoms. The van der Waals surface area contributed by atoms with Crippen molar-refractivity contribution in [1.82, 2.24) is 4.98 Å². The molecule has 2 aromatic heterocycles. The minimum Gasteiger partial charge on any atom is -0.396 e. The Morgan fingerprint density at radius 3 is 2.39 bits per heavy atom. The Bertz CT molecular complexity index is 600. The summed E-state index contributed by atoms with van der Waals surface area (Å²) in [5.74, 6) is 0. The van der Waals surface area contributed by atoms with Gasteiger partial charge in [0, 0.05) is 22.8 Å². The summed E-state index contributed by atoms with van der Waals surface area (Å²) in [4.78, 5) is 5.75. The van der Waals surface area contributed by atoms with Crippen LogP contribution in [0.4, 0.5) is 5.69 Å². The van der Waals surface area contributed by atoms with E-state index >= 15 is 0 Å². The van der Waals surface area contributed by atoms with Crippen molar-refractivity contribution in [3.8, 4) is 17.2 Å². The molecule has 0 saturated carbocycles. The van der Waals surface area contributed by atoms with Gasteiger partial charge in [0.05, 0.1) is 5.69 Å². The summed E-state index contributed by atoms with van der Waals surface area (Å²) < 4.78 is 0. The first kappa shape index (κ1) is 12.6. The second-order valence-corrected chi connectivity index (χ2v) is 6.17. The molecular formula is C14H15N3S. The van der Waals surface area contributed by atoms with E-state index in [0.29, 0.717) is 10.6 Å². The van der Waals surface area contributed by atoms with E-state index in [2.05, 4.69) is 31.8 Å². The van der Waals surface area contributed by atoms with Crippen molar-refractivity contribution >= 4 is 17.0 Å². The van der Waals surface area contributed by atoms with E-state index in [1.54, 1.807) is 12.4 Å². The molecule has 0 aromatic carbocycles. The zero-order valence-corrected chi connectivity index (χ0v) is 11.5. The third-order valence-corrected chi connectivity index (χ3v) is 4.23. The summed E-state index contributed by atoms with van der Waals surface area (Å²) in [7, 11) is 0. The van der Waals surface area contributed by atoms with Crippen molar-refractivity contribution in [1.29, 1.82) is 5.26 Å². The second kappa shape index (κ2) is 4.43. The van der Waals surface area contributed by atoms with Crippen molar-refractivity contribution < 1.29 is 0 Å². The van der Waals surface area contributed by atoms with E-state index in [1.807, 2.05) is 12.1 Å². The molecule has 3 nitrogen and oxygen atoms in total. The summed E-state index contributed by atoms with van der Waals surface area (Å²) in [6.45, 7) is 6.39. The molecule has 2 rings (SSSR count). The Morgan fingerprint density at radius 2 is 1.89 bits per heavy atom. The molecule has 0 aliphatic rings. The number of nitrogen functional groups attached to an aromatic ring is 1. The summed E-state index contributed by atoms with van der Waals surface area (Å²) in [5.41, 5.74) is 8.65. The summed E-state index contributed by atoms with van der Waals surface area (Å²) >= 11 is 1.48. The maximum atomic E-state index is 9.14. The Labute approximate surface area is 111 Å². The van der Waals surface area contributed by atoms with Crippen LogP contribution in [0.3, 0.4) is 0 Å². The molecular weight excluding hydrogens is 242 g/mol. The maximum Gasteiger partial charge on any atom is 0.128 e. The third-order valence-electron chi connectivity index (χ3n) is 2.70. The molecule has 0 atom stereocenters. The fraction of sp³-hybridized carbons (Fsp3) is 0.286. The van der Waals surface area contributed by atoms with Crippen LogP contribution in [0.15, 0.2) is 24.5 Å². The Kier molecular flexibility index (Phi) is 3.10. The molecule has 0 aliphatic heterocycles. The van der Waals surface area contributed by atoms with E-state index in [-0.39, 0.29) is 5.41 Å². The number of pyridine rings is 1. The van der Waals surface area contributed by atoms with Gasteiger partial charge in [0.2, 0.25) is 0 Å². The maximum absolute atomic E-state index is 9.14. The lowest BCUT2D eigenvalue weighted by Gasteiger charge is -2.19. The van der Waals surface area contributed by atoms with Gasteiger partial charge in [0.25, 0.3) is 0 Å². The number of rotatable bonds is 1. The highest BCUT2D eigenvalue weighted by atomic mass is 32.1. The molecule has 18 heavy (non-hydrogen) atoms. The smallest absolute Gasteiger partial charge is 0.128 e. The van der Waals surface area contributed by atoms with E-state index in [9.17, 15) is 0 Å². The lowest BCUT2D eigenvalue weighted by atomic mass is 9.89. The first-order valence-electron chi connectivity index (χ1n) is 5.68. The van der Waals surface area contributed by atoms with Gasteiger partial charge in [-0.3, -0.25) is 4.98 Å². The second-order valence-electron chi connectivity index (χ2n) is 5.15. The van der Waals surface area contributed by atoms with Crippen LogP contribution in [0.5, 0.6) is 0 Å². The van der Waals surface area contributed by atoms with Crippen molar-refractivity contribution in [3.05, 3.63) is 34.3 Å². The van der Waals surface area contributed by atoms with Crippen LogP contribution in [0.2, 0.25) is 0 Å². The van der Waals surface area contributed by atoms with Crippen LogP contribution >= 0.6 is 11.3 Å². The Balaban J connectivity index is 2.74. The molecule has 0 bridgehead atoms. The Hall–Kier alpha value is -1.86. The van der Waals surface area contributed by atoms with Gasteiger partial charge in [-0.25, -0.2) is 0 Å². The van der Waals surface area contributed by atoms with E-state index in [4.69, 9.17) is 11.0 Å². The minimum absolute atomic E-state index is 0.0352. The van der Waals surface area contributed by atoms with Gasteiger partial charge in [-0.2, -0.15) is 5.26 Å². The zero-order valence-electron chi connectivity index (χ0n) is 10.7. The third kappa shape index (κ3) is 2.09. The highest BCUT2D eigenvalue weighted by molar-refractivity contribution is 7.14. The highest BCUT2D eigenvalue weighted by Gasteiger charge is 2.25. The number of hydrogen-bond acceptors (Lipinski definition) is 4. The van der Waals surface area contributed by atoms with Gasteiger partial charge in [0.15, 0.2) is 0 Å². The first-order valence-corrected chi connectivity index (χ1v) is 6.50. The standard InChI is InChI=1S/C14H15N3S/c1-14(2,3)13-11(9-4-6-17-7-5-9)12(16)10(8-15)18-13/h4-7H,16H2,1-3H3. The van der Waals surface area contributed by atoms with Crippen LogP contribution in [-0.2, 0) is 5.41 Å². The van der Waals surface area contributed by atoms with E-state index in [1.165, 1.54) is 11.3 Å². The molecule has 2 N–H and O–H groups in total. The molecule has 0 saturated heterocycles. The van der Waals surface area contributed by atoms with Crippen LogP contribution in [0.25, 0.3) is 11.1 Å². The SMILES string of the molecule is CC(C)(C)c1sc(C#N)c(N)c1-c1ccncc1. The number of aromatic nitrogens is 1. The molecule has 2 heterocycles. The largest absolute Gasteiger partial charge is 0.396 e. The van der Waals surface area contributed by atoms with Crippen LogP contribution < -0.4 is 5.73 Å². The topological polar surface area (TPSA) is 62.7 Å². The Morgan fingerprint density at radius 1 is 1.28 bits per heavy atom. The van der Waals surface area contributed by atoms with Crippen molar-refractivity contribution in [2.45, 2.75) is 26.2 Å². The van der Waals surface area contributed by atoms with Crippen molar-refractivity contribution in [3.63, 3.8) is 0 Å². The minimum atomic E-state index is -0.0352. The monoisotopic (exact) mass is 257 g/mol. The number of thiophene rings is 1. The van der Waals surface area contributed by atoms with Gasteiger partial charge in [-0.15, -0.1) is 11.3 Å². The first-order chi connectivity index (χ1) is 8.45.